The fourth-order valence-corrected chi connectivity index (χ4v) is 4.33. The molecule has 1 nitrogen and oxygen atoms in total. The van der Waals surface area contributed by atoms with Gasteiger partial charge in [-0.1, -0.05) is 47.0 Å². The van der Waals surface area contributed by atoms with E-state index in [-0.39, 0.29) is 0 Å². The topological polar surface area (TPSA) is 9.23 Å². The Balaban J connectivity index is 3.95. The lowest BCUT2D eigenvalue weighted by atomic mass is 10.1. The molecule has 12 heavy (non-hydrogen) atoms. The van der Waals surface area contributed by atoms with E-state index < -0.39 is 9.04 Å². The van der Waals surface area contributed by atoms with Crippen molar-refractivity contribution in [2.45, 2.75) is 58.0 Å². The van der Waals surface area contributed by atoms with Gasteiger partial charge in [-0.15, -0.1) is 0 Å². The van der Waals surface area contributed by atoms with E-state index in [1.807, 2.05) is 7.11 Å². The van der Waals surface area contributed by atoms with Crippen LogP contribution in [0.3, 0.4) is 0 Å². The summed E-state index contributed by atoms with van der Waals surface area (Å²) in [5.41, 5.74) is 0. The quantitative estimate of drug-likeness (QED) is 0.581. The van der Waals surface area contributed by atoms with Crippen molar-refractivity contribution >= 4 is 9.04 Å². The van der Waals surface area contributed by atoms with Gasteiger partial charge in [-0.3, -0.25) is 0 Å². The molecule has 0 spiro atoms. The molecule has 0 aliphatic rings. The zero-order valence-corrected chi connectivity index (χ0v) is 10.5. The first-order valence-corrected chi connectivity index (χ1v) is 6.97. The van der Waals surface area contributed by atoms with Crippen molar-refractivity contribution in [1.29, 1.82) is 0 Å². The van der Waals surface area contributed by atoms with Crippen LogP contribution in [0.25, 0.3) is 0 Å². The van der Waals surface area contributed by atoms with Crippen LogP contribution in [-0.4, -0.2) is 16.2 Å². The van der Waals surface area contributed by atoms with Crippen molar-refractivity contribution in [3.8, 4) is 0 Å². The van der Waals surface area contributed by atoms with Gasteiger partial charge in [0.05, 0.1) is 0 Å². The van der Waals surface area contributed by atoms with E-state index in [1.54, 1.807) is 0 Å². The summed E-state index contributed by atoms with van der Waals surface area (Å²) in [5.74, 6) is 0. The Kier molecular flexibility index (Phi) is 5.84. The highest BCUT2D eigenvalue weighted by Crippen LogP contribution is 2.35. The highest BCUT2D eigenvalue weighted by molar-refractivity contribution is 6.55. The van der Waals surface area contributed by atoms with Crippen molar-refractivity contribution in [3.05, 3.63) is 0 Å². The molecule has 74 valence electrons. The summed E-state index contributed by atoms with van der Waals surface area (Å²) >= 11 is 0. The van der Waals surface area contributed by atoms with Gasteiger partial charge in [0.15, 0.2) is 9.04 Å². The van der Waals surface area contributed by atoms with Crippen molar-refractivity contribution in [2.24, 2.45) is 0 Å². The van der Waals surface area contributed by atoms with E-state index in [0.29, 0.717) is 5.04 Å². The average molecular weight is 188 g/mol. The molecule has 0 aliphatic carbocycles. The highest BCUT2D eigenvalue weighted by Gasteiger charge is 2.28. The maximum Gasteiger partial charge on any atom is 0.181 e. The molecule has 0 bridgehead atoms. The SMILES string of the molecule is CCCC[SiH](OC)C(C)(C)CC. The Morgan fingerprint density at radius 2 is 1.83 bits per heavy atom. The standard InChI is InChI=1S/C10H24OSi/c1-6-8-9-12(11-5)10(3,4)7-2/h12H,6-9H2,1-5H3. The average Bonchev–Trinajstić information content (AvgIpc) is 2.05. The second kappa shape index (κ2) is 5.76. The number of unbranched alkanes of at least 4 members (excludes halogenated alkanes) is 1. The first-order chi connectivity index (χ1) is 5.58. The summed E-state index contributed by atoms with van der Waals surface area (Å²) in [6.45, 7) is 9.22. The van der Waals surface area contributed by atoms with Crippen LogP contribution in [0.1, 0.15) is 47.0 Å². The van der Waals surface area contributed by atoms with Gasteiger partial charge >= 0.3 is 0 Å². The van der Waals surface area contributed by atoms with E-state index in [2.05, 4.69) is 27.7 Å². The van der Waals surface area contributed by atoms with Crippen LogP contribution in [0.15, 0.2) is 0 Å². The van der Waals surface area contributed by atoms with E-state index in [9.17, 15) is 0 Å². The molecule has 0 saturated heterocycles. The molecule has 0 N–H and O–H groups in total. The lowest BCUT2D eigenvalue weighted by Gasteiger charge is -2.30. The Labute approximate surface area is 79.2 Å². The van der Waals surface area contributed by atoms with Crippen molar-refractivity contribution in [3.63, 3.8) is 0 Å². The Bertz CT molecular complexity index is 112. The number of rotatable bonds is 6. The lowest BCUT2D eigenvalue weighted by molar-refractivity contribution is 0.377. The first kappa shape index (κ1) is 12.2. The summed E-state index contributed by atoms with van der Waals surface area (Å²) in [6.07, 6.45) is 3.89. The molecule has 0 amide bonds. The van der Waals surface area contributed by atoms with Crippen molar-refractivity contribution in [1.82, 2.24) is 0 Å². The molecule has 0 heterocycles. The van der Waals surface area contributed by atoms with Gasteiger partial charge < -0.3 is 4.43 Å². The molecular formula is C10H24OSi. The van der Waals surface area contributed by atoms with Crippen molar-refractivity contribution < 1.29 is 4.43 Å². The van der Waals surface area contributed by atoms with E-state index in [4.69, 9.17) is 4.43 Å². The summed E-state index contributed by atoms with van der Waals surface area (Å²) < 4.78 is 5.65. The van der Waals surface area contributed by atoms with E-state index >= 15 is 0 Å². The van der Waals surface area contributed by atoms with Gasteiger partial charge in [0.25, 0.3) is 0 Å². The summed E-state index contributed by atoms with van der Waals surface area (Å²) in [7, 11) is 0.953. The predicted molar refractivity (Wildman–Crippen MR) is 58.2 cm³/mol. The van der Waals surface area contributed by atoms with E-state index in [0.717, 1.165) is 0 Å². The maximum atomic E-state index is 5.65. The fourth-order valence-electron chi connectivity index (χ4n) is 1.44. The minimum atomic E-state index is -0.940. The molecule has 1 unspecified atom stereocenters. The van der Waals surface area contributed by atoms with Crippen LogP contribution < -0.4 is 0 Å². The lowest BCUT2D eigenvalue weighted by Crippen LogP contribution is -2.29. The predicted octanol–water partition coefficient (Wildman–Crippen LogP) is 3.35. The first-order valence-electron chi connectivity index (χ1n) is 5.11. The highest BCUT2D eigenvalue weighted by atomic mass is 28.3. The molecule has 0 aromatic carbocycles. The van der Waals surface area contributed by atoms with Gasteiger partial charge in [0.1, 0.15) is 0 Å². The number of hydrogen-bond acceptors (Lipinski definition) is 1. The Morgan fingerprint density at radius 3 is 2.17 bits per heavy atom. The molecule has 0 rings (SSSR count). The van der Waals surface area contributed by atoms with Crippen LogP contribution in [-0.2, 0) is 4.43 Å². The van der Waals surface area contributed by atoms with Crippen LogP contribution in [0.4, 0.5) is 0 Å². The third-order valence-corrected chi connectivity index (χ3v) is 6.54. The van der Waals surface area contributed by atoms with Crippen LogP contribution in [0, 0.1) is 0 Å². The zero-order chi connectivity index (χ0) is 9.61. The molecule has 0 aromatic rings. The molecule has 0 radical (unpaired) electrons. The summed E-state index contributed by atoms with van der Waals surface area (Å²) in [4.78, 5) is 0. The zero-order valence-electron chi connectivity index (χ0n) is 9.31. The third-order valence-electron chi connectivity index (χ3n) is 2.89. The second-order valence-corrected chi connectivity index (χ2v) is 7.80. The van der Waals surface area contributed by atoms with Gasteiger partial charge in [0.2, 0.25) is 0 Å². The monoisotopic (exact) mass is 188 g/mol. The molecule has 0 fully saturated rings. The Hall–Kier alpha value is 0.177. The van der Waals surface area contributed by atoms with Crippen molar-refractivity contribution in [2.75, 3.05) is 7.11 Å². The minimum absolute atomic E-state index is 0.476. The largest absolute Gasteiger partial charge is 0.423 e. The molecule has 2 heteroatoms. The third kappa shape index (κ3) is 3.72. The van der Waals surface area contributed by atoms with Crippen LogP contribution in [0.5, 0.6) is 0 Å². The van der Waals surface area contributed by atoms with Crippen LogP contribution >= 0.6 is 0 Å². The van der Waals surface area contributed by atoms with E-state index in [1.165, 1.54) is 25.3 Å². The molecule has 0 saturated carbocycles. The fraction of sp³-hybridized carbons (Fsp3) is 1.00. The van der Waals surface area contributed by atoms with Gasteiger partial charge in [0, 0.05) is 7.11 Å². The Morgan fingerprint density at radius 1 is 1.25 bits per heavy atom. The van der Waals surface area contributed by atoms with Gasteiger partial charge in [-0.2, -0.15) is 0 Å². The molecule has 0 aliphatic heterocycles. The second-order valence-electron chi connectivity index (χ2n) is 4.21. The normalized spacial score (nSPS) is 14.8. The minimum Gasteiger partial charge on any atom is -0.423 e. The van der Waals surface area contributed by atoms with Gasteiger partial charge in [-0.25, -0.2) is 0 Å². The van der Waals surface area contributed by atoms with Gasteiger partial charge in [-0.05, 0) is 11.1 Å². The number of hydrogen-bond donors (Lipinski definition) is 0. The maximum absolute atomic E-state index is 5.65. The van der Waals surface area contributed by atoms with Crippen LogP contribution in [0.2, 0.25) is 11.1 Å². The molecular weight excluding hydrogens is 164 g/mol. The molecule has 0 aromatic heterocycles. The smallest absolute Gasteiger partial charge is 0.181 e. The summed E-state index contributed by atoms with van der Waals surface area (Å²) in [5, 5.41) is 0.476. The molecule has 1 atom stereocenters. The summed E-state index contributed by atoms with van der Waals surface area (Å²) in [6, 6.07) is 1.34.